The van der Waals surface area contributed by atoms with Crippen molar-refractivity contribution in [3.63, 3.8) is 0 Å². The van der Waals surface area contributed by atoms with Crippen molar-refractivity contribution < 1.29 is 0 Å². The predicted octanol–water partition coefficient (Wildman–Crippen LogP) is 1.25. The Morgan fingerprint density at radius 3 is 2.59 bits per heavy atom. The minimum absolute atomic E-state index is 0.144. The summed E-state index contributed by atoms with van der Waals surface area (Å²) in [5.74, 6) is 7.41. The topological polar surface area (TPSA) is 81.6 Å². The molecule has 0 fully saturated rings. The van der Waals surface area contributed by atoms with Crippen LogP contribution in [-0.2, 0) is 5.41 Å². The minimum atomic E-state index is -0.144. The van der Waals surface area contributed by atoms with Crippen LogP contribution in [-0.4, -0.2) is 19.7 Å². The number of nitrogen functional groups attached to an aromatic ring is 1. The summed E-state index contributed by atoms with van der Waals surface area (Å²) in [6.07, 6.45) is 3.53. The zero-order chi connectivity index (χ0) is 12.5. The first-order valence-corrected chi connectivity index (χ1v) is 5.37. The summed E-state index contributed by atoms with van der Waals surface area (Å²) in [6, 6.07) is 3.59. The van der Waals surface area contributed by atoms with Crippen LogP contribution in [0.2, 0.25) is 0 Å². The number of anilines is 1. The third kappa shape index (κ3) is 2.42. The lowest BCUT2D eigenvalue weighted by Gasteiger charge is -2.18. The highest BCUT2D eigenvalue weighted by Gasteiger charge is 2.19. The van der Waals surface area contributed by atoms with Gasteiger partial charge in [-0.15, -0.1) is 0 Å². The highest BCUT2D eigenvalue weighted by Crippen LogP contribution is 2.21. The Bertz CT molecular complexity index is 497. The lowest BCUT2D eigenvalue weighted by Crippen LogP contribution is -2.20. The summed E-state index contributed by atoms with van der Waals surface area (Å²) in [5, 5.41) is 4.14. The molecule has 0 bridgehead atoms. The molecular formula is C11H16N6. The van der Waals surface area contributed by atoms with E-state index in [0.29, 0.717) is 11.6 Å². The van der Waals surface area contributed by atoms with Gasteiger partial charge in [-0.3, -0.25) is 0 Å². The van der Waals surface area contributed by atoms with Crippen LogP contribution in [0.25, 0.3) is 5.82 Å². The molecule has 0 atom stereocenters. The number of rotatable bonds is 2. The van der Waals surface area contributed by atoms with Crippen LogP contribution in [0.1, 0.15) is 26.6 Å². The van der Waals surface area contributed by atoms with E-state index in [9.17, 15) is 0 Å². The van der Waals surface area contributed by atoms with Crippen molar-refractivity contribution >= 4 is 5.82 Å². The molecule has 17 heavy (non-hydrogen) atoms. The number of aromatic nitrogens is 4. The highest BCUT2D eigenvalue weighted by molar-refractivity contribution is 5.41. The number of hydrazine groups is 1. The molecule has 0 spiro atoms. The molecule has 2 heterocycles. The van der Waals surface area contributed by atoms with E-state index in [4.69, 9.17) is 5.84 Å². The molecule has 6 nitrogen and oxygen atoms in total. The van der Waals surface area contributed by atoms with Crippen LogP contribution in [0.4, 0.5) is 5.82 Å². The summed E-state index contributed by atoms with van der Waals surface area (Å²) in [5.41, 5.74) is 2.41. The van der Waals surface area contributed by atoms with E-state index in [0.717, 1.165) is 5.82 Å². The second-order valence-electron chi connectivity index (χ2n) is 4.78. The van der Waals surface area contributed by atoms with Crippen LogP contribution in [0, 0.1) is 0 Å². The Hall–Kier alpha value is -1.95. The first kappa shape index (κ1) is 11.5. The molecular weight excluding hydrogens is 216 g/mol. The summed E-state index contributed by atoms with van der Waals surface area (Å²) in [7, 11) is 0. The minimum Gasteiger partial charge on any atom is -0.308 e. The molecule has 0 aliphatic carbocycles. The molecule has 0 unspecified atom stereocenters. The van der Waals surface area contributed by atoms with Crippen molar-refractivity contribution in [2.24, 2.45) is 5.84 Å². The van der Waals surface area contributed by atoms with Crippen molar-refractivity contribution in [2.45, 2.75) is 26.2 Å². The normalized spacial score (nSPS) is 11.5. The molecule has 2 aromatic heterocycles. The fourth-order valence-electron chi connectivity index (χ4n) is 1.37. The Morgan fingerprint density at radius 2 is 2.06 bits per heavy atom. The van der Waals surface area contributed by atoms with Crippen LogP contribution < -0.4 is 11.3 Å². The molecule has 2 rings (SSSR count). The van der Waals surface area contributed by atoms with Crippen molar-refractivity contribution in [1.29, 1.82) is 0 Å². The molecule has 3 N–H and O–H groups in total. The fourth-order valence-corrected chi connectivity index (χ4v) is 1.37. The van der Waals surface area contributed by atoms with Crippen LogP contribution in [0.15, 0.2) is 24.5 Å². The number of nitrogens with two attached hydrogens (primary N) is 1. The number of nitrogens with zero attached hydrogens (tertiary/aromatic N) is 4. The third-order valence-electron chi connectivity index (χ3n) is 2.27. The Kier molecular flexibility index (Phi) is 2.81. The maximum absolute atomic E-state index is 5.41. The monoisotopic (exact) mass is 232 g/mol. The molecule has 0 aliphatic heterocycles. The van der Waals surface area contributed by atoms with Gasteiger partial charge in [0.25, 0.3) is 0 Å². The summed E-state index contributed by atoms with van der Waals surface area (Å²) >= 11 is 0. The molecule has 0 amide bonds. The predicted molar refractivity (Wildman–Crippen MR) is 65.7 cm³/mol. The molecule has 6 heteroatoms. The van der Waals surface area contributed by atoms with Crippen molar-refractivity contribution in [1.82, 2.24) is 19.7 Å². The van der Waals surface area contributed by atoms with Gasteiger partial charge in [0, 0.05) is 23.9 Å². The van der Waals surface area contributed by atoms with Gasteiger partial charge in [-0.05, 0) is 6.07 Å². The van der Waals surface area contributed by atoms with Crippen molar-refractivity contribution in [3.8, 4) is 5.82 Å². The summed E-state index contributed by atoms with van der Waals surface area (Å²) < 4.78 is 1.68. The molecule has 0 radical (unpaired) electrons. The van der Waals surface area contributed by atoms with Gasteiger partial charge >= 0.3 is 0 Å². The van der Waals surface area contributed by atoms with E-state index in [2.05, 4.69) is 41.3 Å². The van der Waals surface area contributed by atoms with E-state index in [1.807, 2.05) is 12.3 Å². The standard InChI is InChI=1S/C11H16N6/c1-11(2,3)10-14-8(16-12)7-9(15-10)17-6-4-5-13-17/h4-7H,12H2,1-3H3,(H,14,15,16). The third-order valence-corrected chi connectivity index (χ3v) is 2.27. The van der Waals surface area contributed by atoms with Crippen LogP contribution >= 0.6 is 0 Å². The molecule has 0 aliphatic rings. The second kappa shape index (κ2) is 4.14. The van der Waals surface area contributed by atoms with Crippen LogP contribution in [0.5, 0.6) is 0 Å². The number of hydrogen-bond donors (Lipinski definition) is 2. The van der Waals surface area contributed by atoms with Gasteiger partial charge in [-0.1, -0.05) is 20.8 Å². The van der Waals surface area contributed by atoms with Crippen molar-refractivity contribution in [3.05, 3.63) is 30.4 Å². The highest BCUT2D eigenvalue weighted by atomic mass is 15.3. The van der Waals surface area contributed by atoms with Gasteiger partial charge in [0.1, 0.15) is 11.6 Å². The van der Waals surface area contributed by atoms with E-state index in [1.54, 1.807) is 16.9 Å². The Balaban J connectivity index is 2.54. The number of hydrogen-bond acceptors (Lipinski definition) is 5. The van der Waals surface area contributed by atoms with Crippen LogP contribution in [0.3, 0.4) is 0 Å². The zero-order valence-electron chi connectivity index (χ0n) is 10.2. The van der Waals surface area contributed by atoms with Gasteiger partial charge in [0.2, 0.25) is 0 Å². The Labute approximate surface area is 99.9 Å². The summed E-state index contributed by atoms with van der Waals surface area (Å²) in [6.45, 7) is 6.15. The lowest BCUT2D eigenvalue weighted by molar-refractivity contribution is 0.543. The van der Waals surface area contributed by atoms with Crippen molar-refractivity contribution in [2.75, 3.05) is 5.43 Å². The second-order valence-corrected chi connectivity index (χ2v) is 4.78. The average Bonchev–Trinajstić information content (AvgIpc) is 2.80. The zero-order valence-corrected chi connectivity index (χ0v) is 10.2. The summed E-state index contributed by atoms with van der Waals surface area (Å²) in [4.78, 5) is 8.83. The van der Waals surface area contributed by atoms with Gasteiger partial charge in [0.15, 0.2) is 5.82 Å². The average molecular weight is 232 g/mol. The Morgan fingerprint density at radius 1 is 1.29 bits per heavy atom. The van der Waals surface area contributed by atoms with E-state index in [1.165, 1.54) is 0 Å². The van der Waals surface area contributed by atoms with Gasteiger partial charge in [0.05, 0.1) is 0 Å². The first-order chi connectivity index (χ1) is 8.00. The maximum Gasteiger partial charge on any atom is 0.159 e. The molecule has 90 valence electrons. The van der Waals surface area contributed by atoms with E-state index >= 15 is 0 Å². The maximum atomic E-state index is 5.41. The molecule has 0 saturated heterocycles. The molecule has 2 aromatic rings. The molecule has 0 saturated carbocycles. The quantitative estimate of drug-likeness (QED) is 0.601. The number of nitrogens with one attached hydrogen (secondary N) is 1. The van der Waals surface area contributed by atoms with Gasteiger partial charge in [-0.2, -0.15) is 5.10 Å². The smallest absolute Gasteiger partial charge is 0.159 e. The largest absolute Gasteiger partial charge is 0.308 e. The van der Waals surface area contributed by atoms with E-state index in [-0.39, 0.29) is 5.41 Å². The lowest BCUT2D eigenvalue weighted by atomic mass is 9.96. The van der Waals surface area contributed by atoms with Gasteiger partial charge < -0.3 is 5.43 Å². The first-order valence-electron chi connectivity index (χ1n) is 5.37. The van der Waals surface area contributed by atoms with Gasteiger partial charge in [-0.25, -0.2) is 20.5 Å². The fraction of sp³-hybridized carbons (Fsp3) is 0.364. The van der Waals surface area contributed by atoms with E-state index < -0.39 is 0 Å². The SMILES string of the molecule is CC(C)(C)c1nc(NN)cc(-n2cccn2)n1. The molecule has 0 aromatic carbocycles.